The van der Waals surface area contributed by atoms with E-state index >= 15 is 0 Å². The smallest absolute Gasteiger partial charge is 0.287 e. The van der Waals surface area contributed by atoms with E-state index in [2.05, 4.69) is 15.3 Å². The molecule has 0 unspecified atom stereocenters. The average Bonchev–Trinajstić information content (AvgIpc) is 2.78. The molecule has 0 radical (unpaired) electrons. The quantitative estimate of drug-likeness (QED) is 0.397. The van der Waals surface area contributed by atoms with E-state index in [9.17, 15) is 10.1 Å². The highest BCUT2D eigenvalue weighted by Crippen LogP contribution is 2.25. The third kappa shape index (κ3) is 2.93. The topological polar surface area (TPSA) is 105 Å². The summed E-state index contributed by atoms with van der Waals surface area (Å²) in [7, 11) is 0. The number of rotatable bonds is 4. The summed E-state index contributed by atoms with van der Waals surface area (Å²) in [5.41, 5.74) is -0.0691. The van der Waals surface area contributed by atoms with Crippen LogP contribution in [0.25, 0.3) is 0 Å². The van der Waals surface area contributed by atoms with Gasteiger partial charge in [-0.15, -0.1) is 11.3 Å². The Morgan fingerprint density at radius 1 is 1.56 bits per heavy atom. The molecule has 0 atom stereocenters. The maximum absolute atomic E-state index is 10.4. The molecule has 2 heterocycles. The minimum absolute atomic E-state index is 0.0691. The van der Waals surface area contributed by atoms with Gasteiger partial charge in [-0.1, -0.05) is 0 Å². The summed E-state index contributed by atoms with van der Waals surface area (Å²) in [4.78, 5) is 18.0. The first kappa shape index (κ1) is 12.3. The first-order chi connectivity index (χ1) is 8.69. The molecule has 18 heavy (non-hydrogen) atoms. The predicted octanol–water partition coefficient (Wildman–Crippen LogP) is 2.76. The van der Waals surface area contributed by atoms with E-state index in [1.54, 1.807) is 5.38 Å². The molecule has 0 aliphatic rings. The van der Waals surface area contributed by atoms with E-state index in [1.165, 1.54) is 29.7 Å². The number of pyridine rings is 1. The lowest BCUT2D eigenvalue weighted by atomic mass is 10.4. The van der Waals surface area contributed by atoms with Crippen LogP contribution in [0, 0.1) is 20.8 Å². The van der Waals surface area contributed by atoms with Crippen LogP contribution in [0.15, 0.2) is 28.7 Å². The number of thioether (sulfide) groups is 1. The molecule has 2 aromatic rings. The maximum atomic E-state index is 10.4. The van der Waals surface area contributed by atoms with Gasteiger partial charge in [-0.05, 0) is 6.07 Å². The zero-order valence-electron chi connectivity index (χ0n) is 8.73. The Kier molecular flexibility index (Phi) is 3.71. The van der Waals surface area contributed by atoms with Crippen LogP contribution in [-0.2, 0) is 0 Å². The molecule has 0 amide bonds. The second-order valence-electron chi connectivity index (χ2n) is 2.97. The fourth-order valence-corrected chi connectivity index (χ4v) is 2.29. The molecule has 2 aromatic heterocycles. The van der Waals surface area contributed by atoms with Crippen molar-refractivity contribution in [3.63, 3.8) is 0 Å². The van der Waals surface area contributed by atoms with E-state index in [0.29, 0.717) is 16.0 Å². The van der Waals surface area contributed by atoms with Gasteiger partial charge in [0.05, 0.1) is 4.92 Å². The molecule has 9 heteroatoms. The van der Waals surface area contributed by atoms with Gasteiger partial charge in [-0.3, -0.25) is 10.1 Å². The van der Waals surface area contributed by atoms with Crippen molar-refractivity contribution in [2.75, 3.05) is 5.32 Å². The number of hydrogen-bond donors (Lipinski definition) is 1. The molecule has 0 spiro atoms. The standard InChI is InChI=1S/C9H5N5O2S2/c10-5-18-8-4-17-9(13-8)12-7-2-1-6(3-11-7)14(15)16/h1-4H,(H,11,12,13). The van der Waals surface area contributed by atoms with Gasteiger partial charge in [0.25, 0.3) is 5.69 Å². The lowest BCUT2D eigenvalue weighted by Gasteiger charge is -1.99. The van der Waals surface area contributed by atoms with Crippen molar-refractivity contribution in [3.05, 3.63) is 33.8 Å². The van der Waals surface area contributed by atoms with Gasteiger partial charge in [0.15, 0.2) is 5.13 Å². The fraction of sp³-hybridized carbons (Fsp3) is 0. The van der Waals surface area contributed by atoms with Gasteiger partial charge < -0.3 is 5.32 Å². The summed E-state index contributed by atoms with van der Waals surface area (Å²) in [6, 6.07) is 2.85. The first-order valence-corrected chi connectivity index (χ1v) is 6.27. The Bertz CT molecular complexity index is 604. The van der Waals surface area contributed by atoms with Crippen molar-refractivity contribution >= 4 is 39.7 Å². The largest absolute Gasteiger partial charge is 0.316 e. The average molecular weight is 279 g/mol. The third-order valence-electron chi connectivity index (χ3n) is 1.83. The summed E-state index contributed by atoms with van der Waals surface area (Å²) in [5, 5.41) is 26.7. The molecule has 7 nitrogen and oxygen atoms in total. The highest BCUT2D eigenvalue weighted by molar-refractivity contribution is 8.03. The fourth-order valence-electron chi connectivity index (χ4n) is 1.09. The van der Waals surface area contributed by atoms with Gasteiger partial charge in [0.2, 0.25) is 0 Å². The van der Waals surface area contributed by atoms with Crippen molar-refractivity contribution in [1.82, 2.24) is 9.97 Å². The molecule has 0 aromatic carbocycles. The number of nitriles is 1. The number of nitrogens with one attached hydrogen (secondary N) is 1. The van der Waals surface area contributed by atoms with Crippen molar-refractivity contribution in [2.45, 2.75) is 5.03 Å². The van der Waals surface area contributed by atoms with E-state index in [0.717, 1.165) is 11.8 Å². The van der Waals surface area contributed by atoms with Crippen LogP contribution < -0.4 is 5.32 Å². The monoisotopic (exact) mass is 279 g/mol. The van der Waals surface area contributed by atoms with Crippen LogP contribution in [0.1, 0.15) is 0 Å². The number of hydrogen-bond acceptors (Lipinski definition) is 8. The van der Waals surface area contributed by atoms with Gasteiger partial charge in [-0.25, -0.2) is 9.97 Å². The molecule has 0 saturated carbocycles. The maximum Gasteiger partial charge on any atom is 0.287 e. The molecule has 0 aliphatic heterocycles. The molecular weight excluding hydrogens is 274 g/mol. The molecule has 0 fully saturated rings. The number of nitro groups is 1. The highest BCUT2D eigenvalue weighted by atomic mass is 32.2. The normalized spacial score (nSPS) is 9.72. The van der Waals surface area contributed by atoms with E-state index in [-0.39, 0.29) is 5.69 Å². The zero-order valence-corrected chi connectivity index (χ0v) is 10.4. The van der Waals surface area contributed by atoms with Crippen LogP contribution in [0.2, 0.25) is 0 Å². The minimum Gasteiger partial charge on any atom is -0.316 e. The Morgan fingerprint density at radius 2 is 2.39 bits per heavy atom. The number of thiazole rings is 1. The van der Waals surface area contributed by atoms with Crippen LogP contribution in [-0.4, -0.2) is 14.9 Å². The molecule has 1 N–H and O–H groups in total. The number of aromatic nitrogens is 2. The van der Waals surface area contributed by atoms with Crippen LogP contribution in [0.3, 0.4) is 0 Å². The van der Waals surface area contributed by atoms with Gasteiger partial charge in [0.1, 0.15) is 22.4 Å². The first-order valence-electron chi connectivity index (χ1n) is 4.58. The van der Waals surface area contributed by atoms with Crippen molar-refractivity contribution in [2.24, 2.45) is 0 Å². The van der Waals surface area contributed by atoms with Crippen molar-refractivity contribution in [1.29, 1.82) is 5.26 Å². The molecule has 0 bridgehead atoms. The molecule has 90 valence electrons. The summed E-state index contributed by atoms with van der Waals surface area (Å²) < 4.78 is 0. The Balaban J connectivity index is 2.08. The summed E-state index contributed by atoms with van der Waals surface area (Å²) in [6.45, 7) is 0. The number of nitrogens with zero attached hydrogens (tertiary/aromatic N) is 4. The number of anilines is 2. The molecule has 0 saturated heterocycles. The molecule has 0 aliphatic carbocycles. The second kappa shape index (κ2) is 5.44. The van der Waals surface area contributed by atoms with E-state index < -0.39 is 4.92 Å². The highest BCUT2D eigenvalue weighted by Gasteiger charge is 2.07. The van der Waals surface area contributed by atoms with E-state index in [1.807, 2.05) is 5.40 Å². The van der Waals surface area contributed by atoms with Gasteiger partial charge in [0, 0.05) is 23.2 Å². The number of thiocyanates is 1. The van der Waals surface area contributed by atoms with Gasteiger partial charge in [-0.2, -0.15) is 5.26 Å². The van der Waals surface area contributed by atoms with Crippen LogP contribution >= 0.6 is 23.1 Å². The lowest BCUT2D eigenvalue weighted by molar-refractivity contribution is -0.385. The zero-order chi connectivity index (χ0) is 13.0. The Morgan fingerprint density at radius 3 is 3.00 bits per heavy atom. The Hall–Kier alpha value is -2.18. The minimum atomic E-state index is -0.512. The lowest BCUT2D eigenvalue weighted by Crippen LogP contribution is -1.94. The van der Waals surface area contributed by atoms with Gasteiger partial charge >= 0.3 is 0 Å². The summed E-state index contributed by atoms with van der Waals surface area (Å²) >= 11 is 2.29. The molecule has 2 rings (SSSR count). The van der Waals surface area contributed by atoms with E-state index in [4.69, 9.17) is 5.26 Å². The van der Waals surface area contributed by atoms with Crippen LogP contribution in [0.4, 0.5) is 16.6 Å². The predicted molar refractivity (Wildman–Crippen MR) is 67.8 cm³/mol. The SMILES string of the molecule is N#CSc1csc(Nc2ccc([N+](=O)[O-])cn2)n1. The van der Waals surface area contributed by atoms with Crippen molar-refractivity contribution < 1.29 is 4.92 Å². The summed E-state index contributed by atoms with van der Waals surface area (Å²) in [6.07, 6.45) is 1.17. The van der Waals surface area contributed by atoms with Crippen molar-refractivity contribution in [3.8, 4) is 5.40 Å². The second-order valence-corrected chi connectivity index (χ2v) is 4.63. The molecular formula is C9H5N5O2S2. The summed E-state index contributed by atoms with van der Waals surface area (Å²) in [5.74, 6) is 0.462. The Labute approximate surface area is 110 Å². The van der Waals surface area contributed by atoms with Crippen LogP contribution in [0.5, 0.6) is 0 Å². The third-order valence-corrected chi connectivity index (χ3v) is 3.24.